The zero-order valence-corrected chi connectivity index (χ0v) is 15.7. The molecule has 0 spiro atoms. The summed E-state index contributed by atoms with van der Waals surface area (Å²) in [7, 11) is 1.56. The van der Waals surface area contributed by atoms with E-state index in [1.165, 1.54) is 0 Å². The molecule has 2 rings (SSSR count). The maximum atomic E-state index is 12.1. The SMILES string of the molecule is COc1ccc(COC(=O)C[C@@H]2C(=O)C[C@H](C)[C@H]2C[N+](=O)[O-])cc1Br. The zero-order valence-electron chi connectivity index (χ0n) is 14.1. The van der Waals surface area contributed by atoms with E-state index in [1.807, 2.05) is 6.92 Å². The number of rotatable bonds is 7. The first-order valence-corrected chi connectivity index (χ1v) is 8.73. The first-order valence-electron chi connectivity index (χ1n) is 7.94. The largest absolute Gasteiger partial charge is 0.496 e. The Labute approximate surface area is 154 Å². The number of esters is 1. The summed E-state index contributed by atoms with van der Waals surface area (Å²) < 4.78 is 11.1. The molecule has 25 heavy (non-hydrogen) atoms. The van der Waals surface area contributed by atoms with Gasteiger partial charge in [0.05, 0.1) is 18.0 Å². The van der Waals surface area contributed by atoms with Gasteiger partial charge in [-0.3, -0.25) is 19.7 Å². The quantitative estimate of drug-likeness (QED) is 0.387. The van der Waals surface area contributed by atoms with Gasteiger partial charge in [0.25, 0.3) is 0 Å². The van der Waals surface area contributed by atoms with Crippen molar-refractivity contribution in [3.8, 4) is 5.75 Å². The third kappa shape index (κ3) is 5.01. The van der Waals surface area contributed by atoms with E-state index in [-0.39, 0.29) is 37.7 Å². The fraction of sp³-hybridized carbons (Fsp3) is 0.529. The third-order valence-corrected chi connectivity index (χ3v) is 5.17. The molecular formula is C17H20BrNO6. The number of carbonyl (C=O) groups excluding carboxylic acids is 2. The molecule has 7 nitrogen and oxygen atoms in total. The van der Waals surface area contributed by atoms with E-state index >= 15 is 0 Å². The number of benzene rings is 1. The summed E-state index contributed by atoms with van der Waals surface area (Å²) in [5.41, 5.74) is 0.772. The van der Waals surface area contributed by atoms with Crippen LogP contribution in [0.3, 0.4) is 0 Å². The van der Waals surface area contributed by atoms with Crippen molar-refractivity contribution in [1.82, 2.24) is 0 Å². The minimum Gasteiger partial charge on any atom is -0.496 e. The van der Waals surface area contributed by atoms with Crippen molar-refractivity contribution in [3.05, 3.63) is 38.3 Å². The van der Waals surface area contributed by atoms with E-state index in [1.54, 1.807) is 25.3 Å². The zero-order chi connectivity index (χ0) is 18.6. The lowest BCUT2D eigenvalue weighted by molar-refractivity contribution is -0.490. The molecule has 8 heteroatoms. The van der Waals surface area contributed by atoms with Crippen LogP contribution in [0.2, 0.25) is 0 Å². The lowest BCUT2D eigenvalue weighted by Crippen LogP contribution is -2.27. The summed E-state index contributed by atoms with van der Waals surface area (Å²) in [6.07, 6.45) is 0.168. The molecule has 0 bridgehead atoms. The van der Waals surface area contributed by atoms with Gasteiger partial charge < -0.3 is 9.47 Å². The maximum absolute atomic E-state index is 12.1. The summed E-state index contributed by atoms with van der Waals surface area (Å²) in [6, 6.07) is 5.31. The van der Waals surface area contributed by atoms with Crippen LogP contribution in [-0.4, -0.2) is 30.3 Å². The van der Waals surface area contributed by atoms with Crippen LogP contribution in [0.15, 0.2) is 22.7 Å². The Morgan fingerprint density at radius 3 is 2.76 bits per heavy atom. The molecule has 1 saturated carbocycles. The number of nitro groups is 1. The third-order valence-electron chi connectivity index (χ3n) is 4.55. The van der Waals surface area contributed by atoms with Crippen LogP contribution >= 0.6 is 15.9 Å². The average Bonchev–Trinajstić information content (AvgIpc) is 2.79. The lowest BCUT2D eigenvalue weighted by atomic mass is 9.88. The second-order valence-corrected chi connectivity index (χ2v) is 7.12. The van der Waals surface area contributed by atoms with Gasteiger partial charge in [-0.1, -0.05) is 13.0 Å². The van der Waals surface area contributed by atoms with Crippen molar-refractivity contribution < 1.29 is 24.0 Å². The van der Waals surface area contributed by atoms with Crippen LogP contribution in [-0.2, 0) is 20.9 Å². The lowest BCUT2D eigenvalue weighted by Gasteiger charge is -2.17. The summed E-state index contributed by atoms with van der Waals surface area (Å²) >= 11 is 3.36. The summed E-state index contributed by atoms with van der Waals surface area (Å²) in [5, 5.41) is 10.8. The number of ketones is 1. The number of hydrogen-bond donors (Lipinski definition) is 0. The van der Waals surface area contributed by atoms with Gasteiger partial charge in [0.2, 0.25) is 6.54 Å². The van der Waals surface area contributed by atoms with Crippen molar-refractivity contribution in [2.75, 3.05) is 13.7 Å². The van der Waals surface area contributed by atoms with Crippen LogP contribution in [0.1, 0.15) is 25.3 Å². The average molecular weight is 414 g/mol. The monoisotopic (exact) mass is 413 g/mol. The van der Waals surface area contributed by atoms with Gasteiger partial charge in [-0.15, -0.1) is 0 Å². The van der Waals surface area contributed by atoms with Gasteiger partial charge in [0.15, 0.2) is 0 Å². The molecule has 0 N–H and O–H groups in total. The molecule has 1 aliphatic rings. The highest BCUT2D eigenvalue weighted by Gasteiger charge is 2.44. The van der Waals surface area contributed by atoms with Crippen LogP contribution < -0.4 is 4.74 Å². The molecule has 1 aromatic rings. The van der Waals surface area contributed by atoms with E-state index in [0.29, 0.717) is 5.75 Å². The van der Waals surface area contributed by atoms with E-state index in [0.717, 1.165) is 10.0 Å². The molecule has 0 unspecified atom stereocenters. The minimum absolute atomic E-state index is 0.0673. The first kappa shape index (κ1) is 19.4. The highest BCUT2D eigenvalue weighted by molar-refractivity contribution is 9.10. The van der Waals surface area contributed by atoms with Gasteiger partial charge in [0.1, 0.15) is 18.1 Å². The Bertz CT molecular complexity index is 677. The molecule has 1 aromatic carbocycles. The Balaban J connectivity index is 1.93. The Kier molecular flexibility index (Phi) is 6.52. The number of nitrogens with zero attached hydrogens (tertiary/aromatic N) is 1. The number of hydrogen-bond acceptors (Lipinski definition) is 6. The summed E-state index contributed by atoms with van der Waals surface area (Å²) in [6.45, 7) is 1.58. The van der Waals surface area contributed by atoms with E-state index in [4.69, 9.17) is 9.47 Å². The molecule has 0 amide bonds. The predicted molar refractivity (Wildman–Crippen MR) is 92.7 cm³/mol. The standard InChI is InChI=1S/C17H20BrNO6/c1-10-5-15(20)12(13(10)8-19(22)23)7-17(21)25-9-11-3-4-16(24-2)14(18)6-11/h3-4,6,10,12-13H,5,7-9H2,1-2H3/t10-,12-,13+/m0/s1. The maximum Gasteiger partial charge on any atom is 0.306 e. The second kappa shape index (κ2) is 8.42. The topological polar surface area (TPSA) is 95.7 Å². The smallest absolute Gasteiger partial charge is 0.306 e. The molecule has 136 valence electrons. The number of methoxy groups -OCH3 is 1. The number of ether oxygens (including phenoxy) is 2. The first-order chi connectivity index (χ1) is 11.8. The van der Waals surface area contributed by atoms with Gasteiger partial charge >= 0.3 is 5.97 Å². The molecule has 0 aliphatic heterocycles. The number of Topliss-reactive ketones (excluding diaryl/α,β-unsaturated/α-hetero) is 1. The Hall–Kier alpha value is -1.96. The fourth-order valence-corrected chi connectivity index (χ4v) is 3.79. The predicted octanol–water partition coefficient (Wildman–Crippen LogP) is 3.01. The molecule has 0 aromatic heterocycles. The second-order valence-electron chi connectivity index (χ2n) is 6.27. The van der Waals surface area contributed by atoms with E-state index in [2.05, 4.69) is 15.9 Å². The van der Waals surface area contributed by atoms with Crippen LogP contribution in [0, 0.1) is 27.9 Å². The van der Waals surface area contributed by atoms with Crippen LogP contribution in [0.25, 0.3) is 0 Å². The number of carbonyl (C=O) groups is 2. The van der Waals surface area contributed by atoms with Crippen molar-refractivity contribution >= 4 is 27.7 Å². The van der Waals surface area contributed by atoms with Gasteiger partial charge in [-0.2, -0.15) is 0 Å². The summed E-state index contributed by atoms with van der Waals surface area (Å²) in [4.78, 5) is 34.5. The van der Waals surface area contributed by atoms with Crippen LogP contribution in [0.4, 0.5) is 0 Å². The highest BCUT2D eigenvalue weighted by Crippen LogP contribution is 2.36. The Morgan fingerprint density at radius 2 is 2.16 bits per heavy atom. The molecule has 0 radical (unpaired) electrons. The summed E-state index contributed by atoms with van der Waals surface area (Å²) in [5.74, 6) is -1.08. The molecule has 0 heterocycles. The van der Waals surface area contributed by atoms with Crippen molar-refractivity contribution in [2.24, 2.45) is 17.8 Å². The van der Waals surface area contributed by atoms with Crippen molar-refractivity contribution in [1.29, 1.82) is 0 Å². The van der Waals surface area contributed by atoms with Crippen molar-refractivity contribution in [2.45, 2.75) is 26.4 Å². The number of halogens is 1. The Morgan fingerprint density at radius 1 is 1.44 bits per heavy atom. The van der Waals surface area contributed by atoms with Gasteiger partial charge in [-0.05, 0) is 39.5 Å². The minimum atomic E-state index is -0.629. The molecule has 1 fully saturated rings. The normalized spacial score (nSPS) is 22.7. The van der Waals surface area contributed by atoms with Crippen molar-refractivity contribution in [3.63, 3.8) is 0 Å². The van der Waals surface area contributed by atoms with Crippen LogP contribution in [0.5, 0.6) is 5.75 Å². The molecule has 3 atom stereocenters. The highest BCUT2D eigenvalue weighted by atomic mass is 79.9. The van der Waals surface area contributed by atoms with E-state index < -0.39 is 22.7 Å². The molecule has 1 aliphatic carbocycles. The van der Waals surface area contributed by atoms with Gasteiger partial charge in [0, 0.05) is 23.2 Å². The molecular weight excluding hydrogens is 394 g/mol. The van der Waals surface area contributed by atoms with Gasteiger partial charge in [-0.25, -0.2) is 0 Å². The van der Waals surface area contributed by atoms with E-state index in [9.17, 15) is 19.7 Å². The fourth-order valence-electron chi connectivity index (χ4n) is 3.20. The molecule has 0 saturated heterocycles.